The molecule has 1 atom stereocenters. The number of methoxy groups -OCH3 is 1. The number of carboxylic acids is 1. The predicted molar refractivity (Wildman–Crippen MR) is 154 cm³/mol. The van der Waals surface area contributed by atoms with Gasteiger partial charge >= 0.3 is 5.97 Å². The molecule has 0 saturated carbocycles. The molecule has 0 aliphatic carbocycles. The number of carbonyl (C=O) groups excluding carboxylic acids is 2. The van der Waals surface area contributed by atoms with Crippen LogP contribution in [0.3, 0.4) is 0 Å². The first-order valence-corrected chi connectivity index (χ1v) is 13.0. The van der Waals surface area contributed by atoms with Crippen molar-refractivity contribution >= 4 is 17.8 Å². The highest BCUT2D eigenvalue weighted by Crippen LogP contribution is 2.23. The Morgan fingerprint density at radius 1 is 1.02 bits per heavy atom. The van der Waals surface area contributed by atoms with Crippen molar-refractivity contribution in [2.75, 3.05) is 7.11 Å². The van der Waals surface area contributed by atoms with Crippen molar-refractivity contribution in [1.82, 2.24) is 14.9 Å². The average Bonchev–Trinajstić information content (AvgIpc) is 3.43. The summed E-state index contributed by atoms with van der Waals surface area (Å²) in [5, 5.41) is 9.64. The number of benzene rings is 3. The Kier molecular flexibility index (Phi) is 8.84. The minimum Gasteiger partial charge on any atom is -0.496 e. The van der Waals surface area contributed by atoms with Gasteiger partial charge in [-0.3, -0.25) is 9.59 Å². The van der Waals surface area contributed by atoms with Crippen molar-refractivity contribution in [3.05, 3.63) is 106 Å². The smallest absolute Gasteiger partial charge is 0.339 e. The van der Waals surface area contributed by atoms with Crippen LogP contribution in [-0.4, -0.2) is 50.9 Å². The lowest BCUT2D eigenvalue weighted by atomic mass is 9.93. The van der Waals surface area contributed by atoms with Crippen molar-refractivity contribution in [1.29, 1.82) is 0 Å². The molecule has 0 fully saturated rings. The molecule has 0 radical (unpaired) electrons. The Hall–Kier alpha value is -4.96. The van der Waals surface area contributed by atoms with E-state index in [9.17, 15) is 19.5 Å². The number of hydrogen-bond acceptors (Lipinski definition) is 6. The maximum Gasteiger partial charge on any atom is 0.339 e. The number of aromatic amines is 1. The van der Waals surface area contributed by atoms with Gasteiger partial charge in [-0.15, -0.1) is 0 Å². The molecule has 0 spiro atoms. The molecular weight excluding hydrogens is 522 g/mol. The summed E-state index contributed by atoms with van der Waals surface area (Å²) in [5.41, 5.74) is 17.2. The number of ether oxygens (including phenoxy) is 1. The van der Waals surface area contributed by atoms with Crippen molar-refractivity contribution in [2.45, 2.75) is 39.4 Å². The summed E-state index contributed by atoms with van der Waals surface area (Å²) in [6.45, 7) is 3.91. The number of aromatic nitrogens is 2. The number of aromatic carboxylic acids is 1. The average molecular weight is 556 g/mol. The van der Waals surface area contributed by atoms with Crippen LogP contribution < -0.4 is 16.2 Å². The molecule has 4 aromatic rings. The topological polar surface area (TPSA) is 165 Å². The summed E-state index contributed by atoms with van der Waals surface area (Å²) in [7, 11) is 1.40. The third kappa shape index (κ3) is 6.79. The van der Waals surface area contributed by atoms with E-state index in [2.05, 4.69) is 9.97 Å². The standard InChI is InChI=1S/C31H33N5O5/c1-18-11-22(29(33)37)12-19(2)23(18)14-25(32)30(38)36(16-20-9-10-27(41-3)24(13-20)31(39)40)17-28-34-15-26(35-28)21-7-5-4-6-8-21/h4-13,15,25H,14,16-17,32H2,1-3H3,(H2,33,37)(H,34,35)(H,39,40)/t25-/m0/s1. The zero-order valence-corrected chi connectivity index (χ0v) is 23.2. The molecule has 41 heavy (non-hydrogen) atoms. The van der Waals surface area contributed by atoms with Gasteiger partial charge in [0.15, 0.2) is 0 Å². The second kappa shape index (κ2) is 12.5. The van der Waals surface area contributed by atoms with Crippen LogP contribution >= 0.6 is 0 Å². The second-order valence-corrected chi connectivity index (χ2v) is 9.91. The van der Waals surface area contributed by atoms with Crippen LogP contribution in [0.25, 0.3) is 11.3 Å². The van der Waals surface area contributed by atoms with E-state index in [0.717, 1.165) is 27.9 Å². The lowest BCUT2D eigenvalue weighted by Crippen LogP contribution is -2.44. The van der Waals surface area contributed by atoms with Gasteiger partial charge in [-0.25, -0.2) is 9.78 Å². The Balaban J connectivity index is 1.63. The Labute approximate surface area is 238 Å². The summed E-state index contributed by atoms with van der Waals surface area (Å²) in [4.78, 5) is 46.6. The first-order chi connectivity index (χ1) is 19.6. The van der Waals surface area contributed by atoms with Crippen LogP contribution in [-0.2, 0) is 24.3 Å². The van der Waals surface area contributed by atoms with Gasteiger partial charge in [0, 0.05) is 12.1 Å². The monoisotopic (exact) mass is 555 g/mol. The van der Waals surface area contributed by atoms with Crippen LogP contribution in [0.1, 0.15) is 48.8 Å². The van der Waals surface area contributed by atoms with Crippen LogP contribution in [0.5, 0.6) is 5.75 Å². The van der Waals surface area contributed by atoms with Crippen molar-refractivity contribution in [3.63, 3.8) is 0 Å². The fourth-order valence-corrected chi connectivity index (χ4v) is 4.84. The van der Waals surface area contributed by atoms with E-state index in [1.807, 2.05) is 44.2 Å². The predicted octanol–water partition coefficient (Wildman–Crippen LogP) is 3.60. The summed E-state index contributed by atoms with van der Waals surface area (Å²) in [6.07, 6.45) is 1.94. The highest BCUT2D eigenvalue weighted by molar-refractivity contribution is 5.93. The number of hydrogen-bond donors (Lipinski definition) is 4. The summed E-state index contributed by atoms with van der Waals surface area (Å²) in [6, 6.07) is 16.9. The van der Waals surface area contributed by atoms with Gasteiger partial charge in [0.1, 0.15) is 17.1 Å². The molecule has 10 heteroatoms. The fourth-order valence-electron chi connectivity index (χ4n) is 4.84. The number of imidazole rings is 1. The second-order valence-electron chi connectivity index (χ2n) is 9.91. The number of carboxylic acid groups (broad SMARTS) is 1. The quantitative estimate of drug-likeness (QED) is 0.220. The molecule has 0 aliphatic heterocycles. The first kappa shape index (κ1) is 29.0. The lowest BCUT2D eigenvalue weighted by Gasteiger charge is -2.26. The minimum atomic E-state index is -1.14. The van der Waals surface area contributed by atoms with Crippen LogP contribution in [0.2, 0.25) is 0 Å². The van der Waals surface area contributed by atoms with E-state index in [0.29, 0.717) is 17.0 Å². The van der Waals surface area contributed by atoms with Gasteiger partial charge in [0.05, 0.1) is 31.6 Å². The van der Waals surface area contributed by atoms with Gasteiger partial charge in [-0.05, 0) is 72.4 Å². The maximum atomic E-state index is 13.8. The van der Waals surface area contributed by atoms with Crippen LogP contribution in [0.4, 0.5) is 0 Å². The van der Waals surface area contributed by atoms with E-state index in [4.69, 9.17) is 16.2 Å². The number of primary amides is 1. The number of carbonyl (C=O) groups is 3. The molecule has 1 aromatic heterocycles. The zero-order chi connectivity index (χ0) is 29.7. The van der Waals surface area contributed by atoms with Crippen LogP contribution in [0, 0.1) is 13.8 Å². The zero-order valence-electron chi connectivity index (χ0n) is 23.2. The van der Waals surface area contributed by atoms with Crippen molar-refractivity contribution in [3.8, 4) is 17.0 Å². The number of nitrogens with two attached hydrogens (primary N) is 2. The summed E-state index contributed by atoms with van der Waals surface area (Å²) in [5.74, 6) is -1.23. The number of aryl methyl sites for hydroxylation is 2. The van der Waals surface area contributed by atoms with Gasteiger partial charge in [-0.2, -0.15) is 0 Å². The van der Waals surface area contributed by atoms with E-state index < -0.39 is 17.9 Å². The minimum absolute atomic E-state index is 0.00755. The van der Waals surface area contributed by atoms with Gasteiger partial charge in [0.2, 0.25) is 11.8 Å². The molecule has 3 aromatic carbocycles. The van der Waals surface area contributed by atoms with Crippen molar-refractivity contribution in [2.24, 2.45) is 11.5 Å². The van der Waals surface area contributed by atoms with E-state index in [1.165, 1.54) is 13.2 Å². The highest BCUT2D eigenvalue weighted by atomic mass is 16.5. The molecule has 0 saturated heterocycles. The number of amides is 2. The highest BCUT2D eigenvalue weighted by Gasteiger charge is 2.25. The third-order valence-electron chi connectivity index (χ3n) is 6.96. The fraction of sp³-hybridized carbons (Fsp3) is 0.226. The lowest BCUT2D eigenvalue weighted by molar-refractivity contribution is -0.134. The molecule has 2 amide bonds. The molecule has 0 bridgehead atoms. The van der Waals surface area contributed by atoms with Crippen molar-refractivity contribution < 1.29 is 24.2 Å². The van der Waals surface area contributed by atoms with E-state index in [1.54, 1.807) is 35.4 Å². The number of rotatable bonds is 11. The van der Waals surface area contributed by atoms with Gasteiger partial charge < -0.3 is 31.2 Å². The Bertz CT molecular complexity index is 1560. The molecule has 10 nitrogen and oxygen atoms in total. The molecule has 0 aliphatic rings. The molecule has 4 rings (SSSR count). The Morgan fingerprint density at radius 3 is 2.32 bits per heavy atom. The van der Waals surface area contributed by atoms with Crippen LogP contribution in [0.15, 0.2) is 66.9 Å². The molecule has 1 heterocycles. The number of H-pyrrole nitrogens is 1. The molecule has 212 valence electrons. The number of nitrogens with zero attached hydrogens (tertiary/aromatic N) is 2. The van der Waals surface area contributed by atoms with E-state index >= 15 is 0 Å². The number of nitrogens with one attached hydrogen (secondary N) is 1. The van der Waals surface area contributed by atoms with E-state index in [-0.39, 0.29) is 36.7 Å². The first-order valence-electron chi connectivity index (χ1n) is 13.0. The Morgan fingerprint density at radius 2 is 1.71 bits per heavy atom. The third-order valence-corrected chi connectivity index (χ3v) is 6.96. The normalized spacial score (nSPS) is 11.6. The maximum absolute atomic E-state index is 13.8. The summed E-state index contributed by atoms with van der Waals surface area (Å²) < 4.78 is 5.18. The van der Waals surface area contributed by atoms with Gasteiger partial charge in [0.25, 0.3) is 0 Å². The molecule has 0 unspecified atom stereocenters. The molecular formula is C31H33N5O5. The largest absolute Gasteiger partial charge is 0.496 e. The SMILES string of the molecule is COc1ccc(CN(Cc2ncc(-c3ccccc3)[nH]2)C(=O)[C@@H](N)Cc2c(C)cc(C(N)=O)cc2C)cc1C(=O)O. The summed E-state index contributed by atoms with van der Waals surface area (Å²) >= 11 is 0. The van der Waals surface area contributed by atoms with Gasteiger partial charge in [-0.1, -0.05) is 36.4 Å². The molecule has 6 N–H and O–H groups in total.